The van der Waals surface area contributed by atoms with Gasteiger partial charge in [0.25, 0.3) is 5.91 Å². The summed E-state index contributed by atoms with van der Waals surface area (Å²) >= 11 is 0. The number of carbonyl (C=O) groups excluding carboxylic acids is 1. The molecule has 0 atom stereocenters. The van der Waals surface area contributed by atoms with Crippen molar-refractivity contribution >= 4 is 18.5 Å². The highest BCUT2D eigenvalue weighted by Gasteiger charge is 2.52. The molecule has 0 spiro atoms. The lowest BCUT2D eigenvalue weighted by molar-refractivity contribution is -0.274. The maximum absolute atomic E-state index is 13.0. The molecular weight excluding hydrogens is 374 g/mol. The van der Waals surface area contributed by atoms with Crippen LogP contribution in [0, 0.1) is 0 Å². The second-order valence-electron chi connectivity index (χ2n) is 8.24. The van der Waals surface area contributed by atoms with Gasteiger partial charge in [-0.3, -0.25) is 4.79 Å². The average molecular weight is 399 g/mol. The number of benzene rings is 1. The Hall–Kier alpha value is -1.74. The molecule has 1 aromatic rings. The minimum absolute atomic E-state index is 0.112. The third-order valence-corrected chi connectivity index (χ3v) is 5.63. The summed E-state index contributed by atoms with van der Waals surface area (Å²) < 4.78 is 54.9. The number of ether oxygens (including phenoxy) is 1. The van der Waals surface area contributed by atoms with E-state index in [1.54, 1.807) is 11.0 Å². The van der Waals surface area contributed by atoms with E-state index >= 15 is 0 Å². The lowest BCUT2D eigenvalue weighted by atomic mass is 9.78. The molecule has 5 nitrogen and oxygen atoms in total. The van der Waals surface area contributed by atoms with Crippen LogP contribution in [0.3, 0.4) is 0 Å². The zero-order valence-electron chi connectivity index (χ0n) is 16.6. The molecule has 2 heterocycles. The van der Waals surface area contributed by atoms with Crippen molar-refractivity contribution in [2.24, 2.45) is 0 Å². The number of amides is 1. The third kappa shape index (κ3) is 4.30. The number of alkyl halides is 3. The van der Waals surface area contributed by atoms with Crippen LogP contribution in [0.4, 0.5) is 13.2 Å². The van der Waals surface area contributed by atoms with E-state index in [0.29, 0.717) is 18.6 Å². The van der Waals surface area contributed by atoms with Gasteiger partial charge in [0.05, 0.1) is 16.8 Å². The molecule has 0 unspecified atom stereocenters. The second-order valence-corrected chi connectivity index (χ2v) is 8.24. The summed E-state index contributed by atoms with van der Waals surface area (Å²) in [5.41, 5.74) is -1.01. The molecule has 3 rings (SSSR count). The van der Waals surface area contributed by atoms with Gasteiger partial charge in [-0.25, -0.2) is 0 Å². The number of nitrogens with zero attached hydrogens (tertiary/aromatic N) is 1. The molecule has 0 radical (unpaired) electrons. The standard InChI is InChI=1S/C19H25BF3NO4/c1-17(2)18(3,4)28-20(27-17)13-8-9-14(15(12-13)26-19(21,22)23)16(25)24-10-6-5-7-11-24/h8-9,12H,5-7,10-11H2,1-4H3. The van der Waals surface area contributed by atoms with E-state index < -0.39 is 36.3 Å². The number of piperidine rings is 1. The maximum atomic E-state index is 13.0. The molecule has 2 fully saturated rings. The van der Waals surface area contributed by atoms with Gasteiger partial charge in [0, 0.05) is 13.1 Å². The second kappa shape index (κ2) is 7.26. The Bertz CT molecular complexity index is 729. The summed E-state index contributed by atoms with van der Waals surface area (Å²) in [6, 6.07) is 4.10. The maximum Gasteiger partial charge on any atom is 0.573 e. The van der Waals surface area contributed by atoms with Gasteiger partial charge in [-0.15, -0.1) is 13.2 Å². The predicted octanol–water partition coefficient (Wildman–Crippen LogP) is 3.51. The molecule has 1 aromatic carbocycles. The van der Waals surface area contributed by atoms with Gasteiger partial charge >= 0.3 is 13.5 Å². The number of hydrogen-bond donors (Lipinski definition) is 0. The van der Waals surface area contributed by atoms with Crippen LogP contribution in [-0.2, 0) is 9.31 Å². The van der Waals surface area contributed by atoms with Crippen LogP contribution in [0.1, 0.15) is 57.3 Å². The first-order valence-electron chi connectivity index (χ1n) is 9.44. The number of halogens is 3. The smallest absolute Gasteiger partial charge is 0.405 e. The Balaban J connectivity index is 1.93. The minimum atomic E-state index is -4.91. The molecule has 9 heteroatoms. The fourth-order valence-electron chi connectivity index (χ4n) is 3.32. The zero-order valence-corrected chi connectivity index (χ0v) is 16.6. The van der Waals surface area contributed by atoms with Crippen molar-refractivity contribution in [3.8, 4) is 5.75 Å². The normalized spacial score (nSPS) is 21.7. The van der Waals surface area contributed by atoms with E-state index in [0.717, 1.165) is 19.3 Å². The van der Waals surface area contributed by atoms with Crippen LogP contribution in [0.5, 0.6) is 5.75 Å². The van der Waals surface area contributed by atoms with E-state index in [1.807, 2.05) is 27.7 Å². The van der Waals surface area contributed by atoms with Crippen molar-refractivity contribution < 1.29 is 32.0 Å². The number of hydrogen-bond acceptors (Lipinski definition) is 4. The highest BCUT2D eigenvalue weighted by molar-refractivity contribution is 6.62. The number of rotatable bonds is 3. The van der Waals surface area contributed by atoms with Crippen LogP contribution in [0.15, 0.2) is 18.2 Å². The van der Waals surface area contributed by atoms with Crippen LogP contribution in [0.25, 0.3) is 0 Å². The molecular formula is C19H25BF3NO4. The molecule has 0 bridgehead atoms. The lowest BCUT2D eigenvalue weighted by Gasteiger charge is -2.32. The van der Waals surface area contributed by atoms with E-state index in [4.69, 9.17) is 9.31 Å². The first kappa shape index (κ1) is 21.0. The average Bonchev–Trinajstić information content (AvgIpc) is 2.81. The molecule has 2 saturated heterocycles. The molecule has 28 heavy (non-hydrogen) atoms. The van der Waals surface area contributed by atoms with Gasteiger partial charge in [-0.2, -0.15) is 0 Å². The molecule has 2 aliphatic heterocycles. The molecule has 0 saturated carbocycles. The van der Waals surface area contributed by atoms with Gasteiger partial charge in [-0.05, 0) is 64.6 Å². The van der Waals surface area contributed by atoms with Crippen LogP contribution >= 0.6 is 0 Å². The van der Waals surface area contributed by atoms with Crippen molar-refractivity contribution in [2.45, 2.75) is 64.5 Å². The fraction of sp³-hybridized carbons (Fsp3) is 0.632. The summed E-state index contributed by atoms with van der Waals surface area (Å²) in [6.45, 7) is 8.48. The number of likely N-dealkylation sites (tertiary alicyclic amines) is 1. The van der Waals surface area contributed by atoms with E-state index in [9.17, 15) is 18.0 Å². The molecule has 1 amide bonds. The summed E-state index contributed by atoms with van der Waals surface area (Å²) in [6.07, 6.45) is -2.22. The van der Waals surface area contributed by atoms with Crippen LogP contribution in [-0.4, -0.2) is 48.6 Å². The minimum Gasteiger partial charge on any atom is -0.405 e. The third-order valence-electron chi connectivity index (χ3n) is 5.63. The van der Waals surface area contributed by atoms with Gasteiger partial charge < -0.3 is 18.9 Å². The Morgan fingerprint density at radius 3 is 2.18 bits per heavy atom. The summed E-state index contributed by atoms with van der Waals surface area (Å²) in [5, 5.41) is 0. The molecule has 2 aliphatic rings. The highest BCUT2D eigenvalue weighted by atomic mass is 19.4. The van der Waals surface area contributed by atoms with Crippen molar-refractivity contribution in [1.29, 1.82) is 0 Å². The lowest BCUT2D eigenvalue weighted by Crippen LogP contribution is -2.41. The van der Waals surface area contributed by atoms with Crippen LogP contribution < -0.4 is 10.2 Å². The summed E-state index contributed by atoms with van der Waals surface area (Å²) in [7, 11) is -0.847. The van der Waals surface area contributed by atoms with Gasteiger partial charge in [0.1, 0.15) is 5.75 Å². The van der Waals surface area contributed by atoms with Crippen molar-refractivity contribution in [1.82, 2.24) is 4.90 Å². The van der Waals surface area contributed by atoms with Crippen molar-refractivity contribution in [3.05, 3.63) is 23.8 Å². The van der Waals surface area contributed by atoms with Gasteiger partial charge in [0.15, 0.2) is 0 Å². The molecule has 154 valence electrons. The topological polar surface area (TPSA) is 48.0 Å². The molecule has 0 N–H and O–H groups in total. The molecule has 0 aromatic heterocycles. The Morgan fingerprint density at radius 2 is 1.64 bits per heavy atom. The predicted molar refractivity (Wildman–Crippen MR) is 98.6 cm³/mol. The number of carbonyl (C=O) groups is 1. The highest BCUT2D eigenvalue weighted by Crippen LogP contribution is 2.37. The van der Waals surface area contributed by atoms with Crippen LogP contribution in [0.2, 0.25) is 0 Å². The van der Waals surface area contributed by atoms with E-state index in [2.05, 4.69) is 4.74 Å². The monoisotopic (exact) mass is 399 g/mol. The van der Waals surface area contributed by atoms with E-state index in [-0.39, 0.29) is 5.56 Å². The fourth-order valence-corrected chi connectivity index (χ4v) is 3.32. The molecule has 0 aliphatic carbocycles. The van der Waals surface area contributed by atoms with Crippen molar-refractivity contribution in [2.75, 3.05) is 13.1 Å². The largest absolute Gasteiger partial charge is 0.573 e. The SMILES string of the molecule is CC1(C)OB(c2ccc(C(=O)N3CCCCC3)c(OC(F)(F)F)c2)OC1(C)C. The summed E-state index contributed by atoms with van der Waals surface area (Å²) in [5.74, 6) is -0.991. The van der Waals surface area contributed by atoms with Crippen molar-refractivity contribution in [3.63, 3.8) is 0 Å². The first-order valence-corrected chi connectivity index (χ1v) is 9.44. The quantitative estimate of drug-likeness (QED) is 0.730. The Morgan fingerprint density at radius 1 is 1.07 bits per heavy atom. The zero-order chi connectivity index (χ0) is 20.7. The first-order chi connectivity index (χ1) is 12.9. The Labute approximate surface area is 163 Å². The summed E-state index contributed by atoms with van der Waals surface area (Å²) in [4.78, 5) is 14.3. The van der Waals surface area contributed by atoms with E-state index in [1.165, 1.54) is 12.1 Å². The van der Waals surface area contributed by atoms with Gasteiger partial charge in [0.2, 0.25) is 0 Å². The van der Waals surface area contributed by atoms with Gasteiger partial charge in [-0.1, -0.05) is 6.07 Å². The Kier molecular flexibility index (Phi) is 5.44.